The fourth-order valence-electron chi connectivity index (χ4n) is 2.03. The molecule has 4 nitrogen and oxygen atoms in total. The molecule has 2 aromatic rings. The normalized spacial score (nSPS) is 14.0. The lowest BCUT2D eigenvalue weighted by atomic mass is 9.86. The molecule has 0 saturated heterocycles. The molecule has 0 N–H and O–H groups in total. The molecule has 19 heavy (non-hydrogen) atoms. The van der Waals surface area contributed by atoms with Crippen LogP contribution in [0.25, 0.3) is 0 Å². The van der Waals surface area contributed by atoms with Crippen molar-refractivity contribution in [2.45, 2.75) is 0 Å². The van der Waals surface area contributed by atoms with Gasteiger partial charge in [0.25, 0.3) is 0 Å². The van der Waals surface area contributed by atoms with Gasteiger partial charge in [-0.15, -0.1) is 0 Å². The van der Waals surface area contributed by atoms with E-state index < -0.39 is 11.6 Å². The van der Waals surface area contributed by atoms with Crippen LogP contribution >= 0.6 is 0 Å². The minimum Gasteiger partial charge on any atom is -0.472 e. The predicted molar refractivity (Wildman–Crippen MR) is 66.2 cm³/mol. The zero-order chi connectivity index (χ0) is 13.4. The van der Waals surface area contributed by atoms with Crippen LogP contribution in [0.15, 0.2) is 58.9 Å². The topological polar surface area (TPSA) is 64.3 Å². The van der Waals surface area contributed by atoms with Crippen molar-refractivity contribution >= 4 is 17.3 Å². The number of rotatable bonds is 2. The van der Waals surface area contributed by atoms with Crippen molar-refractivity contribution in [2.75, 3.05) is 0 Å². The molecule has 0 unspecified atom stereocenters. The maximum absolute atomic E-state index is 12.2. The van der Waals surface area contributed by atoms with Crippen LogP contribution in [0.4, 0.5) is 0 Å². The van der Waals surface area contributed by atoms with Crippen molar-refractivity contribution < 1.29 is 18.8 Å². The van der Waals surface area contributed by atoms with Gasteiger partial charge in [0.15, 0.2) is 17.3 Å². The summed E-state index contributed by atoms with van der Waals surface area (Å²) in [5.74, 6) is -1.26. The summed E-state index contributed by atoms with van der Waals surface area (Å²) in [5.41, 5.74) is 0.731. The standard InChI is InChI=1S/C15H8O4/c16-13-7-12(14(17)9-5-6-19-8-9)15(18)11-4-2-1-3-10(11)13/h1-8H. The monoisotopic (exact) mass is 252 g/mol. The first-order valence-corrected chi connectivity index (χ1v) is 5.65. The molecular formula is C15H8O4. The number of furan rings is 1. The van der Waals surface area contributed by atoms with Gasteiger partial charge in [0.05, 0.1) is 17.4 Å². The number of fused-ring (bicyclic) bond motifs is 1. The van der Waals surface area contributed by atoms with Crippen LogP contribution in [0.2, 0.25) is 0 Å². The first-order valence-electron chi connectivity index (χ1n) is 5.65. The molecule has 0 spiro atoms. The summed E-state index contributed by atoms with van der Waals surface area (Å²) in [7, 11) is 0. The molecule has 0 aliphatic heterocycles. The highest BCUT2D eigenvalue weighted by Gasteiger charge is 2.29. The average Bonchev–Trinajstić information content (AvgIpc) is 2.96. The molecule has 0 radical (unpaired) electrons. The number of hydrogen-bond acceptors (Lipinski definition) is 4. The van der Waals surface area contributed by atoms with Gasteiger partial charge in [0, 0.05) is 17.2 Å². The van der Waals surface area contributed by atoms with Gasteiger partial charge in [-0.05, 0) is 6.07 Å². The van der Waals surface area contributed by atoms with Gasteiger partial charge in [-0.3, -0.25) is 14.4 Å². The predicted octanol–water partition coefficient (Wildman–Crippen LogP) is 2.47. The zero-order valence-corrected chi connectivity index (χ0v) is 9.75. The lowest BCUT2D eigenvalue weighted by molar-refractivity contribution is 0.0934. The second-order valence-corrected chi connectivity index (χ2v) is 4.14. The summed E-state index contributed by atoms with van der Waals surface area (Å²) < 4.78 is 4.81. The first kappa shape index (κ1) is 11.3. The molecule has 1 heterocycles. The SMILES string of the molecule is O=C(C1=CC(=O)c2ccccc2C1=O)c1ccoc1. The van der Waals surface area contributed by atoms with E-state index >= 15 is 0 Å². The Labute approximate surface area is 108 Å². The Bertz CT molecular complexity index is 720. The maximum atomic E-state index is 12.2. The Hall–Kier alpha value is -2.75. The fraction of sp³-hybridized carbons (Fsp3) is 0. The van der Waals surface area contributed by atoms with Gasteiger partial charge in [0.2, 0.25) is 0 Å². The minimum absolute atomic E-state index is 0.120. The van der Waals surface area contributed by atoms with Crippen molar-refractivity contribution in [2.24, 2.45) is 0 Å². The molecule has 0 fully saturated rings. The number of allylic oxidation sites excluding steroid dienone is 2. The third-order valence-corrected chi connectivity index (χ3v) is 2.99. The molecule has 92 valence electrons. The van der Waals surface area contributed by atoms with Crippen LogP contribution < -0.4 is 0 Å². The fourth-order valence-corrected chi connectivity index (χ4v) is 2.03. The zero-order valence-electron chi connectivity index (χ0n) is 9.75. The average molecular weight is 252 g/mol. The van der Waals surface area contributed by atoms with Gasteiger partial charge in [-0.2, -0.15) is 0 Å². The van der Waals surface area contributed by atoms with E-state index in [1.165, 1.54) is 18.6 Å². The van der Waals surface area contributed by atoms with Crippen molar-refractivity contribution in [1.82, 2.24) is 0 Å². The van der Waals surface area contributed by atoms with E-state index in [-0.39, 0.29) is 22.5 Å². The smallest absolute Gasteiger partial charge is 0.200 e. The quantitative estimate of drug-likeness (QED) is 0.608. The van der Waals surface area contributed by atoms with Crippen LogP contribution in [0.3, 0.4) is 0 Å². The summed E-state index contributed by atoms with van der Waals surface area (Å²) >= 11 is 0. The second kappa shape index (κ2) is 4.17. The summed E-state index contributed by atoms with van der Waals surface area (Å²) in [6, 6.07) is 7.92. The van der Waals surface area contributed by atoms with Gasteiger partial charge < -0.3 is 4.42 Å². The van der Waals surface area contributed by atoms with E-state index in [2.05, 4.69) is 0 Å². The van der Waals surface area contributed by atoms with Crippen molar-refractivity contribution in [3.63, 3.8) is 0 Å². The van der Waals surface area contributed by atoms with Gasteiger partial charge in [-0.25, -0.2) is 0 Å². The molecular weight excluding hydrogens is 244 g/mol. The van der Waals surface area contributed by atoms with Crippen LogP contribution in [0.1, 0.15) is 31.1 Å². The van der Waals surface area contributed by atoms with E-state index in [0.29, 0.717) is 5.56 Å². The molecule has 3 rings (SSSR count). The van der Waals surface area contributed by atoms with E-state index in [4.69, 9.17) is 4.42 Å². The maximum Gasteiger partial charge on any atom is 0.200 e. The second-order valence-electron chi connectivity index (χ2n) is 4.14. The molecule has 1 aliphatic carbocycles. The number of hydrogen-bond donors (Lipinski definition) is 0. The molecule has 0 amide bonds. The Kier molecular flexibility index (Phi) is 2.49. The van der Waals surface area contributed by atoms with Crippen molar-refractivity contribution in [3.8, 4) is 0 Å². The summed E-state index contributed by atoms with van der Waals surface area (Å²) in [6.07, 6.45) is 3.69. The summed E-state index contributed by atoms with van der Waals surface area (Å²) in [4.78, 5) is 36.3. The van der Waals surface area contributed by atoms with Gasteiger partial charge in [-0.1, -0.05) is 24.3 Å². The number of benzene rings is 1. The lowest BCUT2D eigenvalue weighted by Crippen LogP contribution is -2.21. The number of Topliss-reactive ketones (excluding diaryl/α,β-unsaturated/α-hetero) is 2. The van der Waals surface area contributed by atoms with Crippen LogP contribution in [-0.4, -0.2) is 17.3 Å². The largest absolute Gasteiger partial charge is 0.472 e. The number of carbonyl (C=O) groups is 3. The molecule has 0 bridgehead atoms. The first-order chi connectivity index (χ1) is 9.18. The number of carbonyl (C=O) groups excluding carboxylic acids is 3. The highest BCUT2D eigenvalue weighted by molar-refractivity contribution is 6.37. The number of ketones is 3. The van der Waals surface area contributed by atoms with E-state index in [0.717, 1.165) is 6.08 Å². The Morgan fingerprint density at radius 1 is 1.00 bits per heavy atom. The molecule has 1 aromatic heterocycles. The Morgan fingerprint density at radius 3 is 2.42 bits per heavy atom. The van der Waals surface area contributed by atoms with E-state index in [9.17, 15) is 14.4 Å². The van der Waals surface area contributed by atoms with Crippen LogP contribution in [0, 0.1) is 0 Å². The molecule has 0 saturated carbocycles. The van der Waals surface area contributed by atoms with E-state index in [1.807, 2.05) is 0 Å². The third kappa shape index (κ3) is 1.74. The van der Waals surface area contributed by atoms with Gasteiger partial charge >= 0.3 is 0 Å². The Morgan fingerprint density at radius 2 is 1.74 bits per heavy atom. The Balaban J connectivity index is 2.09. The highest BCUT2D eigenvalue weighted by Crippen LogP contribution is 2.23. The van der Waals surface area contributed by atoms with Gasteiger partial charge in [0.1, 0.15) is 6.26 Å². The highest BCUT2D eigenvalue weighted by atomic mass is 16.3. The molecule has 0 atom stereocenters. The molecule has 4 heteroatoms. The summed E-state index contributed by atoms with van der Waals surface area (Å²) in [6.45, 7) is 0. The van der Waals surface area contributed by atoms with Crippen LogP contribution in [0.5, 0.6) is 0 Å². The molecule has 1 aliphatic rings. The molecule has 1 aromatic carbocycles. The summed E-state index contributed by atoms with van der Waals surface area (Å²) in [5, 5.41) is 0. The van der Waals surface area contributed by atoms with Crippen LogP contribution in [-0.2, 0) is 0 Å². The van der Waals surface area contributed by atoms with Crippen molar-refractivity contribution in [1.29, 1.82) is 0 Å². The lowest BCUT2D eigenvalue weighted by Gasteiger charge is -2.13. The van der Waals surface area contributed by atoms with Crippen molar-refractivity contribution in [3.05, 3.63) is 71.2 Å². The minimum atomic E-state index is -0.499. The van der Waals surface area contributed by atoms with E-state index in [1.54, 1.807) is 24.3 Å². The third-order valence-electron chi connectivity index (χ3n) is 2.99.